The summed E-state index contributed by atoms with van der Waals surface area (Å²) in [6, 6.07) is 8.63. The minimum absolute atomic E-state index is 0.0279. The maximum absolute atomic E-state index is 6.51. The SMILES string of the molecule is Cc1cc(C2=NC3(CCC3)Oc3c2cccc3C(C)(C)C)cnc1C. The smallest absolute Gasteiger partial charge is 0.200 e. The summed E-state index contributed by atoms with van der Waals surface area (Å²) in [7, 11) is 0. The molecule has 2 aliphatic rings. The quantitative estimate of drug-likeness (QED) is 0.726. The summed E-state index contributed by atoms with van der Waals surface area (Å²) in [4.78, 5) is 9.65. The van der Waals surface area contributed by atoms with Crippen LogP contribution < -0.4 is 4.74 Å². The molecule has 1 fully saturated rings. The normalized spacial score (nSPS) is 18.2. The van der Waals surface area contributed by atoms with Gasteiger partial charge in [0.2, 0.25) is 5.72 Å². The predicted molar refractivity (Wildman–Crippen MR) is 102 cm³/mol. The number of hydrogen-bond acceptors (Lipinski definition) is 3. The molecule has 0 atom stereocenters. The first-order valence-corrected chi connectivity index (χ1v) is 9.15. The van der Waals surface area contributed by atoms with Gasteiger partial charge >= 0.3 is 0 Å². The maximum Gasteiger partial charge on any atom is 0.200 e. The first kappa shape index (κ1) is 16.3. The Morgan fingerprint density at radius 3 is 2.48 bits per heavy atom. The average molecular weight is 334 g/mol. The molecule has 1 aromatic carbocycles. The molecule has 1 spiro atoms. The maximum atomic E-state index is 6.51. The summed E-state index contributed by atoms with van der Waals surface area (Å²) in [5.74, 6) is 1.01. The summed E-state index contributed by atoms with van der Waals surface area (Å²) in [6.45, 7) is 10.9. The van der Waals surface area contributed by atoms with Crippen LogP contribution in [0.2, 0.25) is 0 Å². The zero-order valence-corrected chi connectivity index (χ0v) is 15.8. The van der Waals surface area contributed by atoms with Crippen LogP contribution in [0.4, 0.5) is 0 Å². The molecule has 3 nitrogen and oxygen atoms in total. The van der Waals surface area contributed by atoms with Crippen LogP contribution in [0.3, 0.4) is 0 Å². The highest BCUT2D eigenvalue weighted by Gasteiger charge is 2.44. The van der Waals surface area contributed by atoms with Gasteiger partial charge in [0.1, 0.15) is 5.75 Å². The molecule has 4 rings (SSSR count). The second-order valence-electron chi connectivity index (χ2n) is 8.42. The Labute approximate surface area is 150 Å². The Bertz CT molecular complexity index is 870. The number of aliphatic imine (C=N–C) groups is 1. The third kappa shape index (κ3) is 2.66. The molecule has 1 saturated carbocycles. The minimum Gasteiger partial charge on any atom is -0.465 e. The molecule has 0 radical (unpaired) electrons. The second-order valence-corrected chi connectivity index (χ2v) is 8.42. The zero-order chi connectivity index (χ0) is 17.8. The Balaban J connectivity index is 1.93. The molecule has 0 saturated heterocycles. The fourth-order valence-electron chi connectivity index (χ4n) is 3.59. The van der Waals surface area contributed by atoms with E-state index >= 15 is 0 Å². The Morgan fingerprint density at radius 1 is 1.12 bits per heavy atom. The van der Waals surface area contributed by atoms with Gasteiger partial charge in [-0.15, -0.1) is 0 Å². The predicted octanol–water partition coefficient (Wildman–Crippen LogP) is 5.11. The molecule has 2 aromatic rings. The van der Waals surface area contributed by atoms with Gasteiger partial charge in [-0.05, 0) is 43.4 Å². The van der Waals surface area contributed by atoms with Crippen molar-refractivity contribution in [3.63, 3.8) is 0 Å². The third-order valence-electron chi connectivity index (χ3n) is 5.43. The lowest BCUT2D eigenvalue weighted by atomic mass is 9.81. The number of fused-ring (bicyclic) bond motifs is 1. The molecule has 2 heterocycles. The van der Waals surface area contributed by atoms with Gasteiger partial charge in [-0.25, -0.2) is 4.99 Å². The summed E-state index contributed by atoms with van der Waals surface area (Å²) in [5, 5.41) is 0. The largest absolute Gasteiger partial charge is 0.465 e. The number of ether oxygens (including phenoxy) is 1. The molecule has 1 aliphatic heterocycles. The van der Waals surface area contributed by atoms with Crippen molar-refractivity contribution in [1.29, 1.82) is 0 Å². The number of para-hydroxylation sites is 1. The minimum atomic E-state index is -0.373. The zero-order valence-electron chi connectivity index (χ0n) is 15.8. The number of aryl methyl sites for hydroxylation is 2. The number of hydrogen-bond donors (Lipinski definition) is 0. The van der Waals surface area contributed by atoms with Crippen LogP contribution >= 0.6 is 0 Å². The van der Waals surface area contributed by atoms with Gasteiger partial charge < -0.3 is 4.74 Å². The van der Waals surface area contributed by atoms with E-state index < -0.39 is 0 Å². The van der Waals surface area contributed by atoms with Crippen LogP contribution in [-0.4, -0.2) is 16.4 Å². The van der Waals surface area contributed by atoms with Gasteiger partial charge in [-0.1, -0.05) is 32.9 Å². The highest BCUT2D eigenvalue weighted by molar-refractivity contribution is 6.15. The Morgan fingerprint density at radius 2 is 1.88 bits per heavy atom. The molecular weight excluding hydrogens is 308 g/mol. The number of rotatable bonds is 1. The highest BCUT2D eigenvalue weighted by Crippen LogP contribution is 2.46. The first-order valence-electron chi connectivity index (χ1n) is 9.15. The highest BCUT2D eigenvalue weighted by atomic mass is 16.5. The van der Waals surface area contributed by atoms with Crippen molar-refractivity contribution in [2.24, 2.45) is 4.99 Å². The summed E-state index contributed by atoms with van der Waals surface area (Å²) < 4.78 is 6.51. The molecule has 0 amide bonds. The van der Waals surface area contributed by atoms with Crippen molar-refractivity contribution in [2.75, 3.05) is 0 Å². The molecule has 1 aliphatic carbocycles. The van der Waals surface area contributed by atoms with E-state index in [-0.39, 0.29) is 11.1 Å². The van der Waals surface area contributed by atoms with Gasteiger partial charge in [-0.3, -0.25) is 4.98 Å². The van der Waals surface area contributed by atoms with E-state index in [2.05, 4.69) is 56.9 Å². The Hall–Kier alpha value is -2.16. The summed E-state index contributed by atoms with van der Waals surface area (Å²) in [5.41, 5.74) is 6.38. The third-order valence-corrected chi connectivity index (χ3v) is 5.43. The van der Waals surface area contributed by atoms with E-state index in [0.29, 0.717) is 0 Å². The molecule has 0 bridgehead atoms. The standard InChI is InChI=1S/C22H26N2O/c1-14-12-16(13-23-15(14)2)19-17-8-6-9-18(21(3,4)5)20(17)25-22(24-19)10-7-11-22/h6,8-9,12-13H,7,10-11H2,1-5H3. The fourth-order valence-corrected chi connectivity index (χ4v) is 3.59. The molecular formula is C22H26N2O. The van der Waals surface area contributed by atoms with E-state index in [1.54, 1.807) is 0 Å². The van der Waals surface area contributed by atoms with Crippen LogP contribution in [0.25, 0.3) is 0 Å². The lowest BCUT2D eigenvalue weighted by molar-refractivity contribution is -0.00299. The van der Waals surface area contributed by atoms with Crippen LogP contribution in [0.5, 0.6) is 5.75 Å². The van der Waals surface area contributed by atoms with Crippen molar-refractivity contribution in [3.05, 3.63) is 58.4 Å². The molecule has 25 heavy (non-hydrogen) atoms. The lowest BCUT2D eigenvalue weighted by Gasteiger charge is -2.43. The van der Waals surface area contributed by atoms with Gasteiger partial charge in [0.15, 0.2) is 0 Å². The fraction of sp³-hybridized carbons (Fsp3) is 0.455. The van der Waals surface area contributed by atoms with Gasteiger partial charge in [0.05, 0.1) is 5.71 Å². The number of pyridine rings is 1. The van der Waals surface area contributed by atoms with Gasteiger partial charge in [0, 0.05) is 41.4 Å². The van der Waals surface area contributed by atoms with E-state index in [1.165, 1.54) is 17.5 Å². The molecule has 1 aromatic heterocycles. The van der Waals surface area contributed by atoms with Crippen LogP contribution in [0.15, 0.2) is 35.5 Å². The van der Waals surface area contributed by atoms with Crippen molar-refractivity contribution in [2.45, 2.75) is 65.0 Å². The molecule has 0 unspecified atom stereocenters. The van der Waals surface area contributed by atoms with Crippen LogP contribution in [0, 0.1) is 13.8 Å². The topological polar surface area (TPSA) is 34.5 Å². The number of aromatic nitrogens is 1. The average Bonchev–Trinajstić information content (AvgIpc) is 2.53. The van der Waals surface area contributed by atoms with Gasteiger partial charge in [-0.2, -0.15) is 0 Å². The first-order chi connectivity index (χ1) is 11.8. The van der Waals surface area contributed by atoms with Gasteiger partial charge in [0.25, 0.3) is 0 Å². The molecule has 130 valence electrons. The van der Waals surface area contributed by atoms with Crippen LogP contribution in [0.1, 0.15) is 68.0 Å². The van der Waals surface area contributed by atoms with Crippen molar-refractivity contribution < 1.29 is 4.74 Å². The Kier molecular flexibility index (Phi) is 3.54. The second kappa shape index (κ2) is 5.42. The number of nitrogens with zero attached hydrogens (tertiary/aromatic N) is 2. The van der Waals surface area contributed by atoms with Crippen molar-refractivity contribution in [1.82, 2.24) is 4.98 Å². The summed E-state index contributed by atoms with van der Waals surface area (Å²) in [6.07, 6.45) is 5.11. The van der Waals surface area contributed by atoms with E-state index in [4.69, 9.17) is 9.73 Å². The van der Waals surface area contributed by atoms with E-state index in [1.807, 2.05) is 13.1 Å². The number of benzene rings is 1. The van der Waals surface area contributed by atoms with E-state index in [9.17, 15) is 0 Å². The lowest BCUT2D eigenvalue weighted by Crippen LogP contribution is -2.45. The molecule has 3 heteroatoms. The molecule has 0 N–H and O–H groups in total. The van der Waals surface area contributed by atoms with E-state index in [0.717, 1.165) is 41.1 Å². The van der Waals surface area contributed by atoms with Crippen molar-refractivity contribution >= 4 is 5.71 Å². The van der Waals surface area contributed by atoms with Crippen molar-refractivity contribution in [3.8, 4) is 5.75 Å². The summed E-state index contributed by atoms with van der Waals surface area (Å²) >= 11 is 0. The monoisotopic (exact) mass is 334 g/mol. The van der Waals surface area contributed by atoms with Crippen LogP contribution in [-0.2, 0) is 5.41 Å².